The van der Waals surface area contributed by atoms with Crippen LogP contribution in [0.2, 0.25) is 0 Å². The van der Waals surface area contributed by atoms with Gasteiger partial charge in [-0.3, -0.25) is 4.79 Å². The zero-order valence-electron chi connectivity index (χ0n) is 11.1. The van der Waals surface area contributed by atoms with Gasteiger partial charge in [0.2, 0.25) is 5.91 Å². The van der Waals surface area contributed by atoms with Crippen LogP contribution >= 0.6 is 0 Å². The van der Waals surface area contributed by atoms with Crippen LogP contribution in [0.4, 0.5) is 0 Å². The lowest BCUT2D eigenvalue weighted by atomic mass is 9.96. The Morgan fingerprint density at radius 2 is 1.71 bits per heavy atom. The van der Waals surface area contributed by atoms with Crippen molar-refractivity contribution in [2.45, 2.75) is 64.9 Å². The molecule has 0 saturated heterocycles. The zero-order valence-corrected chi connectivity index (χ0v) is 11.1. The second-order valence-electron chi connectivity index (χ2n) is 4.89. The summed E-state index contributed by atoms with van der Waals surface area (Å²) < 4.78 is 0. The van der Waals surface area contributed by atoms with Gasteiger partial charge in [0.15, 0.2) is 0 Å². The van der Waals surface area contributed by atoms with Gasteiger partial charge in [0, 0.05) is 0 Å². The van der Waals surface area contributed by atoms with Gasteiger partial charge in [0.05, 0.1) is 18.2 Å². The largest absolute Gasteiger partial charge is 0.390 e. The number of aliphatic hydroxyl groups excluding tert-OH is 3. The molecule has 102 valence electrons. The van der Waals surface area contributed by atoms with E-state index in [1.54, 1.807) is 6.92 Å². The maximum atomic E-state index is 11.3. The predicted molar refractivity (Wildman–Crippen MR) is 65.4 cm³/mol. The predicted octanol–water partition coefficient (Wildman–Crippen LogP) is 0.0299. The van der Waals surface area contributed by atoms with Gasteiger partial charge in [-0.05, 0) is 25.7 Å². The highest BCUT2D eigenvalue weighted by Gasteiger charge is 2.27. The van der Waals surface area contributed by atoms with Crippen molar-refractivity contribution in [1.82, 2.24) is 5.32 Å². The quantitative estimate of drug-likeness (QED) is 0.511. The van der Waals surface area contributed by atoms with Crippen molar-refractivity contribution in [2.75, 3.05) is 0 Å². The van der Waals surface area contributed by atoms with Crippen LogP contribution < -0.4 is 5.32 Å². The van der Waals surface area contributed by atoms with E-state index in [2.05, 4.69) is 5.32 Å². The average Bonchev–Trinajstić information content (AvgIpc) is 2.23. The molecule has 4 N–H and O–H groups in total. The molecule has 5 nitrogen and oxygen atoms in total. The fraction of sp³-hybridized carbons (Fsp3) is 0.917. The summed E-state index contributed by atoms with van der Waals surface area (Å²) in [7, 11) is 0. The van der Waals surface area contributed by atoms with Gasteiger partial charge in [-0.15, -0.1) is 0 Å². The highest BCUT2D eigenvalue weighted by molar-refractivity contribution is 5.80. The van der Waals surface area contributed by atoms with Crippen LogP contribution in [0.5, 0.6) is 0 Å². The fourth-order valence-corrected chi connectivity index (χ4v) is 1.62. The average molecular weight is 247 g/mol. The molecule has 0 aromatic rings. The van der Waals surface area contributed by atoms with Crippen LogP contribution in [0.1, 0.15) is 40.5 Å². The molecule has 5 heteroatoms. The molecule has 17 heavy (non-hydrogen) atoms. The third-order valence-corrected chi connectivity index (χ3v) is 2.67. The van der Waals surface area contributed by atoms with Gasteiger partial charge in [0.25, 0.3) is 0 Å². The monoisotopic (exact) mass is 247 g/mol. The molecule has 0 saturated carbocycles. The van der Waals surface area contributed by atoms with Crippen molar-refractivity contribution >= 4 is 5.91 Å². The lowest BCUT2D eigenvalue weighted by Crippen LogP contribution is -2.50. The molecule has 0 aliphatic rings. The molecule has 0 spiro atoms. The molecule has 0 aliphatic carbocycles. The van der Waals surface area contributed by atoms with Crippen LogP contribution in [-0.4, -0.2) is 45.6 Å². The molecule has 4 unspecified atom stereocenters. The summed E-state index contributed by atoms with van der Waals surface area (Å²) in [5, 5.41) is 31.3. The molecule has 1 amide bonds. The minimum Gasteiger partial charge on any atom is -0.390 e. The second-order valence-corrected chi connectivity index (χ2v) is 4.89. The van der Waals surface area contributed by atoms with E-state index in [0.29, 0.717) is 12.8 Å². The minimum absolute atomic E-state index is 0.268. The van der Waals surface area contributed by atoms with Gasteiger partial charge in [0.1, 0.15) is 6.10 Å². The van der Waals surface area contributed by atoms with Crippen molar-refractivity contribution < 1.29 is 20.1 Å². The number of carbonyl (C=O) groups is 1. The minimum atomic E-state index is -1.11. The molecule has 0 aliphatic heterocycles. The van der Waals surface area contributed by atoms with Crippen LogP contribution in [-0.2, 0) is 4.79 Å². The normalized spacial score (nSPS) is 18.6. The van der Waals surface area contributed by atoms with Gasteiger partial charge < -0.3 is 20.6 Å². The van der Waals surface area contributed by atoms with E-state index in [1.807, 2.05) is 13.8 Å². The SMILES string of the molecule is CCC(NC(=O)C(C)O)C(O)C(O)CC(C)C. The smallest absolute Gasteiger partial charge is 0.248 e. The Labute approximate surface area is 103 Å². The van der Waals surface area contributed by atoms with Crippen molar-refractivity contribution in [1.29, 1.82) is 0 Å². The third kappa shape index (κ3) is 6.00. The first-order valence-corrected chi connectivity index (χ1v) is 6.14. The number of carbonyl (C=O) groups excluding carboxylic acids is 1. The summed E-state index contributed by atoms with van der Waals surface area (Å²) in [6, 6.07) is -0.536. The summed E-state index contributed by atoms with van der Waals surface area (Å²) in [6.45, 7) is 7.06. The van der Waals surface area contributed by atoms with Crippen LogP contribution in [0, 0.1) is 5.92 Å². The van der Waals surface area contributed by atoms with Gasteiger partial charge in [-0.1, -0.05) is 20.8 Å². The van der Waals surface area contributed by atoms with Crippen molar-refractivity contribution in [3.05, 3.63) is 0 Å². The first kappa shape index (κ1) is 16.4. The Morgan fingerprint density at radius 1 is 1.18 bits per heavy atom. The highest BCUT2D eigenvalue weighted by atomic mass is 16.3. The Morgan fingerprint density at radius 3 is 2.06 bits per heavy atom. The molecule has 0 fully saturated rings. The number of amides is 1. The molecule has 0 heterocycles. The summed E-state index contributed by atoms with van der Waals surface area (Å²) in [5.41, 5.74) is 0. The highest BCUT2D eigenvalue weighted by Crippen LogP contribution is 2.12. The molecule has 0 radical (unpaired) electrons. The van der Waals surface area contributed by atoms with Crippen LogP contribution in [0.25, 0.3) is 0 Å². The van der Waals surface area contributed by atoms with Crippen molar-refractivity contribution in [2.24, 2.45) is 5.92 Å². The maximum absolute atomic E-state index is 11.3. The van der Waals surface area contributed by atoms with E-state index in [-0.39, 0.29) is 5.92 Å². The fourth-order valence-electron chi connectivity index (χ4n) is 1.62. The van der Waals surface area contributed by atoms with Crippen molar-refractivity contribution in [3.63, 3.8) is 0 Å². The Bertz CT molecular complexity index is 231. The summed E-state index contributed by atoms with van der Waals surface area (Å²) in [5.74, 6) is -0.266. The lowest BCUT2D eigenvalue weighted by Gasteiger charge is -2.28. The van der Waals surface area contributed by atoms with E-state index in [4.69, 9.17) is 5.11 Å². The molecule has 0 rings (SSSR count). The zero-order chi connectivity index (χ0) is 13.6. The Balaban J connectivity index is 4.39. The van der Waals surface area contributed by atoms with Crippen LogP contribution in [0.15, 0.2) is 0 Å². The number of aliphatic hydroxyl groups is 3. The van der Waals surface area contributed by atoms with Gasteiger partial charge in [-0.25, -0.2) is 0 Å². The Hall–Kier alpha value is -0.650. The van der Waals surface area contributed by atoms with E-state index < -0.39 is 30.3 Å². The second kappa shape index (κ2) is 7.63. The van der Waals surface area contributed by atoms with E-state index >= 15 is 0 Å². The topological polar surface area (TPSA) is 89.8 Å². The summed E-state index contributed by atoms with van der Waals surface area (Å²) >= 11 is 0. The number of rotatable bonds is 7. The third-order valence-electron chi connectivity index (χ3n) is 2.67. The first-order valence-electron chi connectivity index (χ1n) is 6.14. The van der Waals surface area contributed by atoms with E-state index in [9.17, 15) is 15.0 Å². The summed E-state index contributed by atoms with van der Waals surface area (Å²) in [4.78, 5) is 11.3. The van der Waals surface area contributed by atoms with Gasteiger partial charge >= 0.3 is 0 Å². The van der Waals surface area contributed by atoms with Crippen LogP contribution in [0.3, 0.4) is 0 Å². The molecule has 0 aromatic carbocycles. The molecular weight excluding hydrogens is 222 g/mol. The Kier molecular flexibility index (Phi) is 7.34. The van der Waals surface area contributed by atoms with E-state index in [1.165, 1.54) is 6.92 Å². The molecule has 0 aromatic heterocycles. The molecule has 0 bridgehead atoms. The molecule has 4 atom stereocenters. The number of nitrogens with one attached hydrogen (secondary N) is 1. The summed E-state index contributed by atoms with van der Waals surface area (Å²) in [6.07, 6.45) is -2.02. The lowest BCUT2D eigenvalue weighted by molar-refractivity contribution is -0.131. The molecular formula is C12H25NO4. The first-order chi connectivity index (χ1) is 7.79. The number of hydrogen-bond donors (Lipinski definition) is 4. The van der Waals surface area contributed by atoms with E-state index in [0.717, 1.165) is 0 Å². The van der Waals surface area contributed by atoms with Crippen molar-refractivity contribution in [3.8, 4) is 0 Å². The maximum Gasteiger partial charge on any atom is 0.248 e. The standard InChI is InChI=1S/C12H25NO4/c1-5-9(13-12(17)8(4)14)11(16)10(15)6-7(2)3/h7-11,14-16H,5-6H2,1-4H3,(H,13,17). The van der Waals surface area contributed by atoms with Gasteiger partial charge in [-0.2, -0.15) is 0 Å². The number of hydrogen-bond acceptors (Lipinski definition) is 4.